The quantitative estimate of drug-likeness (QED) is 0.609. The number of ether oxygens (including phenoxy) is 1. The van der Waals surface area contributed by atoms with Crippen LogP contribution >= 0.6 is 0 Å². The van der Waals surface area contributed by atoms with Gasteiger partial charge in [0.2, 0.25) is 0 Å². The predicted octanol–water partition coefficient (Wildman–Crippen LogP) is 1.67. The molecule has 0 N–H and O–H groups in total. The number of hydrogen-bond acceptors (Lipinski definition) is 3. The molecule has 3 heteroatoms. The van der Waals surface area contributed by atoms with Crippen LogP contribution in [0.2, 0.25) is 0 Å². The fraction of sp³-hybridized carbons (Fsp3) is 0.909. The van der Waals surface area contributed by atoms with Gasteiger partial charge in [-0.05, 0) is 25.7 Å². The van der Waals surface area contributed by atoms with Crippen LogP contribution in [-0.2, 0) is 9.53 Å². The van der Waals surface area contributed by atoms with Crippen LogP contribution in [-0.4, -0.2) is 36.6 Å². The summed E-state index contributed by atoms with van der Waals surface area (Å²) < 4.78 is 4.95. The summed E-state index contributed by atoms with van der Waals surface area (Å²) in [5.41, 5.74) is 0. The fourth-order valence-electron chi connectivity index (χ4n) is 1.62. The Morgan fingerprint density at radius 3 is 2.57 bits per heavy atom. The first-order valence-electron chi connectivity index (χ1n) is 5.53. The lowest BCUT2D eigenvalue weighted by molar-refractivity contribution is -0.144. The number of hydrogen-bond donors (Lipinski definition) is 0. The van der Waals surface area contributed by atoms with E-state index in [4.69, 9.17) is 4.74 Å². The Balaban J connectivity index is 2.31. The van der Waals surface area contributed by atoms with Crippen LogP contribution in [0.15, 0.2) is 0 Å². The minimum atomic E-state index is -0.0833. The van der Waals surface area contributed by atoms with E-state index in [1.807, 2.05) is 6.92 Å². The number of carbonyl (C=O) groups is 1. The molecule has 0 amide bonds. The molecule has 1 aliphatic carbocycles. The van der Waals surface area contributed by atoms with Gasteiger partial charge < -0.3 is 4.74 Å². The summed E-state index contributed by atoms with van der Waals surface area (Å²) in [6.07, 6.45) is 2.48. The third-order valence-corrected chi connectivity index (χ3v) is 2.30. The summed E-state index contributed by atoms with van der Waals surface area (Å²) in [5.74, 6) is 0.532. The molecule has 0 radical (unpaired) electrons. The zero-order valence-corrected chi connectivity index (χ0v) is 9.45. The van der Waals surface area contributed by atoms with Gasteiger partial charge >= 0.3 is 5.97 Å². The third-order valence-electron chi connectivity index (χ3n) is 2.30. The molecule has 1 rings (SSSR count). The van der Waals surface area contributed by atoms with Crippen LogP contribution in [0.5, 0.6) is 0 Å². The molecule has 14 heavy (non-hydrogen) atoms. The molecule has 0 bridgehead atoms. The van der Waals surface area contributed by atoms with Gasteiger partial charge in [-0.3, -0.25) is 9.69 Å². The molecule has 82 valence electrons. The Bertz CT molecular complexity index is 188. The second kappa shape index (κ2) is 5.35. The van der Waals surface area contributed by atoms with Crippen LogP contribution in [0, 0.1) is 5.92 Å². The van der Waals surface area contributed by atoms with E-state index in [-0.39, 0.29) is 5.97 Å². The Kier molecular flexibility index (Phi) is 4.39. The highest BCUT2D eigenvalue weighted by Gasteiger charge is 2.30. The Morgan fingerprint density at radius 2 is 2.14 bits per heavy atom. The van der Waals surface area contributed by atoms with Crippen LogP contribution in [0.1, 0.15) is 33.6 Å². The lowest BCUT2D eigenvalue weighted by Gasteiger charge is -2.22. The summed E-state index contributed by atoms with van der Waals surface area (Å²) in [6.45, 7) is 8.17. The highest BCUT2D eigenvalue weighted by atomic mass is 16.5. The highest BCUT2D eigenvalue weighted by Crippen LogP contribution is 2.27. The summed E-state index contributed by atoms with van der Waals surface area (Å²) in [6, 6.07) is 0.641. The maximum Gasteiger partial charge on any atom is 0.320 e. The first-order chi connectivity index (χ1) is 6.63. The lowest BCUT2D eigenvalue weighted by atomic mass is 10.2. The number of nitrogens with zero attached hydrogens (tertiary/aromatic N) is 1. The van der Waals surface area contributed by atoms with Crippen molar-refractivity contribution in [1.82, 2.24) is 4.90 Å². The van der Waals surface area contributed by atoms with Crippen LogP contribution < -0.4 is 0 Å². The van der Waals surface area contributed by atoms with E-state index in [1.165, 1.54) is 12.8 Å². The molecule has 0 saturated heterocycles. The largest absolute Gasteiger partial charge is 0.465 e. The van der Waals surface area contributed by atoms with Gasteiger partial charge in [-0.2, -0.15) is 0 Å². The standard InChI is InChI=1S/C11H21NO2/c1-4-14-11(13)8-12(7-9(2)3)10-5-6-10/h9-10H,4-8H2,1-3H3. The molecule has 1 fully saturated rings. The Morgan fingerprint density at radius 1 is 1.50 bits per heavy atom. The molecule has 0 aromatic carbocycles. The van der Waals surface area contributed by atoms with Gasteiger partial charge in [0.15, 0.2) is 0 Å². The maximum atomic E-state index is 11.3. The highest BCUT2D eigenvalue weighted by molar-refractivity contribution is 5.71. The van der Waals surface area contributed by atoms with Crippen LogP contribution in [0.4, 0.5) is 0 Å². The Labute approximate surface area is 86.4 Å². The van der Waals surface area contributed by atoms with Crippen molar-refractivity contribution in [3.8, 4) is 0 Å². The van der Waals surface area contributed by atoms with Crippen LogP contribution in [0.3, 0.4) is 0 Å². The number of esters is 1. The van der Waals surface area contributed by atoms with Crippen molar-refractivity contribution in [2.24, 2.45) is 5.92 Å². The molecular weight excluding hydrogens is 178 g/mol. The number of carbonyl (C=O) groups excluding carboxylic acids is 1. The van der Waals surface area contributed by atoms with E-state index >= 15 is 0 Å². The molecule has 0 aromatic rings. The number of rotatable bonds is 6. The summed E-state index contributed by atoms with van der Waals surface area (Å²) in [7, 11) is 0. The van der Waals surface area contributed by atoms with Gasteiger partial charge in [0.1, 0.15) is 0 Å². The van der Waals surface area contributed by atoms with Crippen molar-refractivity contribution in [2.45, 2.75) is 39.7 Å². The van der Waals surface area contributed by atoms with Crippen molar-refractivity contribution in [1.29, 1.82) is 0 Å². The molecular formula is C11H21NO2. The minimum absolute atomic E-state index is 0.0833. The molecule has 0 heterocycles. The molecule has 3 nitrogen and oxygen atoms in total. The summed E-state index contributed by atoms with van der Waals surface area (Å²) >= 11 is 0. The van der Waals surface area contributed by atoms with Crippen LogP contribution in [0.25, 0.3) is 0 Å². The van der Waals surface area contributed by atoms with Gasteiger partial charge in [0, 0.05) is 12.6 Å². The summed E-state index contributed by atoms with van der Waals surface area (Å²) in [4.78, 5) is 13.6. The molecule has 0 unspecified atom stereocenters. The van der Waals surface area contributed by atoms with Gasteiger partial charge in [-0.1, -0.05) is 13.8 Å². The molecule has 1 aliphatic rings. The minimum Gasteiger partial charge on any atom is -0.465 e. The smallest absolute Gasteiger partial charge is 0.320 e. The lowest BCUT2D eigenvalue weighted by Crippen LogP contribution is -2.35. The van der Waals surface area contributed by atoms with Gasteiger partial charge in [-0.15, -0.1) is 0 Å². The topological polar surface area (TPSA) is 29.5 Å². The molecule has 0 aliphatic heterocycles. The van der Waals surface area contributed by atoms with Gasteiger partial charge in [0.05, 0.1) is 13.2 Å². The van der Waals surface area contributed by atoms with E-state index in [2.05, 4.69) is 18.7 Å². The van der Waals surface area contributed by atoms with Crippen molar-refractivity contribution in [2.75, 3.05) is 19.7 Å². The Hall–Kier alpha value is -0.570. The van der Waals surface area contributed by atoms with Gasteiger partial charge in [-0.25, -0.2) is 0 Å². The second-order valence-electron chi connectivity index (χ2n) is 4.36. The van der Waals surface area contributed by atoms with Crippen molar-refractivity contribution >= 4 is 5.97 Å². The average Bonchev–Trinajstić information content (AvgIpc) is 2.84. The van der Waals surface area contributed by atoms with E-state index in [0.717, 1.165) is 6.54 Å². The van der Waals surface area contributed by atoms with Gasteiger partial charge in [0.25, 0.3) is 0 Å². The zero-order chi connectivity index (χ0) is 10.6. The normalized spacial score (nSPS) is 16.4. The second-order valence-corrected chi connectivity index (χ2v) is 4.36. The molecule has 1 saturated carbocycles. The first kappa shape index (κ1) is 11.5. The fourth-order valence-corrected chi connectivity index (χ4v) is 1.62. The van der Waals surface area contributed by atoms with E-state index in [9.17, 15) is 4.79 Å². The molecule has 0 atom stereocenters. The molecule has 0 spiro atoms. The maximum absolute atomic E-state index is 11.3. The average molecular weight is 199 g/mol. The van der Waals surface area contributed by atoms with Crippen molar-refractivity contribution in [3.63, 3.8) is 0 Å². The SMILES string of the molecule is CCOC(=O)CN(CC(C)C)C1CC1. The summed E-state index contributed by atoms with van der Waals surface area (Å²) in [5, 5.41) is 0. The van der Waals surface area contributed by atoms with E-state index in [1.54, 1.807) is 0 Å². The monoisotopic (exact) mass is 199 g/mol. The van der Waals surface area contributed by atoms with E-state index < -0.39 is 0 Å². The van der Waals surface area contributed by atoms with Crippen molar-refractivity contribution < 1.29 is 9.53 Å². The predicted molar refractivity (Wildman–Crippen MR) is 56.1 cm³/mol. The van der Waals surface area contributed by atoms with E-state index in [0.29, 0.717) is 25.1 Å². The third kappa shape index (κ3) is 4.09. The zero-order valence-electron chi connectivity index (χ0n) is 9.45. The first-order valence-corrected chi connectivity index (χ1v) is 5.53. The molecule has 0 aromatic heterocycles. The van der Waals surface area contributed by atoms with Crippen molar-refractivity contribution in [3.05, 3.63) is 0 Å².